The molecule has 1 heterocycles. The number of nitro groups is 1. The van der Waals surface area contributed by atoms with Crippen LogP contribution in [0.15, 0.2) is 18.2 Å². The molecule has 2 rings (SSSR count). The van der Waals surface area contributed by atoms with Crippen LogP contribution in [0.25, 0.3) is 0 Å². The molecule has 1 aliphatic rings. The normalized spacial score (nSPS) is 15.6. The van der Waals surface area contributed by atoms with Crippen molar-refractivity contribution in [2.75, 3.05) is 18.1 Å². The van der Waals surface area contributed by atoms with Gasteiger partial charge in [0.1, 0.15) is 0 Å². The molecule has 2 N–H and O–H groups in total. The SMILES string of the molecule is O=C1C(=O)N(CC(O)CO)c2ccc([N+](=O)[O-])cc21. The predicted molar refractivity (Wildman–Crippen MR) is 62.9 cm³/mol. The second-order valence-corrected chi connectivity index (χ2v) is 4.04. The summed E-state index contributed by atoms with van der Waals surface area (Å²) >= 11 is 0. The fourth-order valence-electron chi connectivity index (χ4n) is 1.85. The first-order valence-electron chi connectivity index (χ1n) is 5.39. The van der Waals surface area contributed by atoms with Crippen molar-refractivity contribution in [2.24, 2.45) is 0 Å². The van der Waals surface area contributed by atoms with Gasteiger partial charge in [0.15, 0.2) is 0 Å². The van der Waals surface area contributed by atoms with Crippen LogP contribution in [0.3, 0.4) is 0 Å². The van der Waals surface area contributed by atoms with Gasteiger partial charge < -0.3 is 15.1 Å². The molecule has 1 unspecified atom stereocenters. The molecule has 1 amide bonds. The summed E-state index contributed by atoms with van der Waals surface area (Å²) < 4.78 is 0. The van der Waals surface area contributed by atoms with Gasteiger partial charge >= 0.3 is 0 Å². The molecule has 0 radical (unpaired) electrons. The number of anilines is 1. The van der Waals surface area contributed by atoms with Crippen LogP contribution >= 0.6 is 0 Å². The Labute approximate surface area is 107 Å². The molecule has 0 bridgehead atoms. The first kappa shape index (κ1) is 13.1. The monoisotopic (exact) mass is 266 g/mol. The number of non-ortho nitro benzene ring substituents is 1. The van der Waals surface area contributed by atoms with Crippen LogP contribution in [-0.2, 0) is 4.79 Å². The lowest BCUT2D eigenvalue weighted by molar-refractivity contribution is -0.384. The van der Waals surface area contributed by atoms with E-state index in [4.69, 9.17) is 5.11 Å². The van der Waals surface area contributed by atoms with Crippen molar-refractivity contribution >= 4 is 23.1 Å². The molecule has 1 aliphatic heterocycles. The quantitative estimate of drug-likeness (QED) is 0.429. The molecule has 8 heteroatoms. The number of carbonyl (C=O) groups excluding carboxylic acids is 2. The Morgan fingerprint density at radius 2 is 2.05 bits per heavy atom. The van der Waals surface area contributed by atoms with E-state index in [1.165, 1.54) is 12.1 Å². The Kier molecular flexibility index (Phi) is 3.28. The molecule has 100 valence electrons. The number of rotatable bonds is 4. The van der Waals surface area contributed by atoms with Gasteiger partial charge in [-0.1, -0.05) is 0 Å². The van der Waals surface area contributed by atoms with E-state index in [0.29, 0.717) is 0 Å². The Hall–Kier alpha value is -2.32. The molecule has 8 nitrogen and oxygen atoms in total. The van der Waals surface area contributed by atoms with Crippen molar-refractivity contribution in [3.63, 3.8) is 0 Å². The zero-order chi connectivity index (χ0) is 14.2. The zero-order valence-electron chi connectivity index (χ0n) is 9.65. The summed E-state index contributed by atoms with van der Waals surface area (Å²) in [6.07, 6.45) is -1.18. The summed E-state index contributed by atoms with van der Waals surface area (Å²) in [6.45, 7) is -0.799. The van der Waals surface area contributed by atoms with Gasteiger partial charge in [-0.05, 0) is 6.07 Å². The van der Waals surface area contributed by atoms with Crippen LogP contribution < -0.4 is 4.90 Å². The summed E-state index contributed by atoms with van der Waals surface area (Å²) in [4.78, 5) is 34.4. The Morgan fingerprint density at radius 3 is 2.63 bits per heavy atom. The van der Waals surface area contributed by atoms with Crippen molar-refractivity contribution in [1.29, 1.82) is 0 Å². The van der Waals surface area contributed by atoms with E-state index in [1.807, 2.05) is 0 Å². The van der Waals surface area contributed by atoms with Gasteiger partial charge in [-0.3, -0.25) is 19.7 Å². The third-order valence-corrected chi connectivity index (χ3v) is 2.77. The molecule has 1 aromatic rings. The number of nitrogens with zero attached hydrogens (tertiary/aromatic N) is 2. The molecule has 0 saturated heterocycles. The summed E-state index contributed by atoms with van der Waals surface area (Å²) in [7, 11) is 0. The smallest absolute Gasteiger partial charge is 0.299 e. The number of aliphatic hydroxyl groups excluding tert-OH is 2. The number of Topliss-reactive ketones (excluding diaryl/α,β-unsaturated/α-hetero) is 1. The molecule has 19 heavy (non-hydrogen) atoms. The average molecular weight is 266 g/mol. The Bertz CT molecular complexity index is 570. The van der Waals surface area contributed by atoms with E-state index < -0.39 is 29.3 Å². The molecule has 0 saturated carbocycles. The largest absolute Gasteiger partial charge is 0.394 e. The van der Waals surface area contributed by atoms with Crippen molar-refractivity contribution < 1.29 is 24.7 Å². The maximum Gasteiger partial charge on any atom is 0.299 e. The molecule has 1 aromatic carbocycles. The van der Waals surface area contributed by atoms with Gasteiger partial charge in [0.2, 0.25) is 0 Å². The predicted octanol–water partition coefficient (Wildman–Crippen LogP) is -0.523. The fourth-order valence-corrected chi connectivity index (χ4v) is 1.85. The summed E-state index contributed by atoms with van der Waals surface area (Å²) in [5.41, 5.74) is -0.151. The van der Waals surface area contributed by atoms with Crippen LogP contribution in [-0.4, -0.2) is 46.1 Å². The Morgan fingerprint density at radius 1 is 1.37 bits per heavy atom. The molecule has 0 spiro atoms. The molecule has 0 aromatic heterocycles. The van der Waals surface area contributed by atoms with Gasteiger partial charge in [0.25, 0.3) is 17.4 Å². The number of nitro benzene ring substituents is 1. The van der Waals surface area contributed by atoms with Gasteiger partial charge in [0, 0.05) is 12.1 Å². The van der Waals surface area contributed by atoms with Gasteiger partial charge in [-0.25, -0.2) is 0 Å². The van der Waals surface area contributed by atoms with Crippen molar-refractivity contribution in [1.82, 2.24) is 0 Å². The van der Waals surface area contributed by atoms with Crippen LogP contribution in [0, 0.1) is 10.1 Å². The first-order valence-corrected chi connectivity index (χ1v) is 5.39. The van der Waals surface area contributed by atoms with E-state index >= 15 is 0 Å². The van der Waals surface area contributed by atoms with Crippen LogP contribution in [0.4, 0.5) is 11.4 Å². The third kappa shape index (κ3) is 2.18. The van der Waals surface area contributed by atoms with Gasteiger partial charge in [-0.2, -0.15) is 0 Å². The van der Waals surface area contributed by atoms with E-state index in [0.717, 1.165) is 11.0 Å². The van der Waals surface area contributed by atoms with Crippen molar-refractivity contribution in [2.45, 2.75) is 6.10 Å². The summed E-state index contributed by atoms with van der Waals surface area (Å²) in [5.74, 6) is -1.73. The van der Waals surface area contributed by atoms with Crippen LogP contribution in [0.5, 0.6) is 0 Å². The number of aliphatic hydroxyl groups is 2. The molecule has 0 fully saturated rings. The highest BCUT2D eigenvalue weighted by Crippen LogP contribution is 2.31. The highest BCUT2D eigenvalue weighted by atomic mass is 16.6. The number of benzene rings is 1. The minimum Gasteiger partial charge on any atom is -0.394 e. The lowest BCUT2D eigenvalue weighted by Gasteiger charge is -2.18. The number of carbonyl (C=O) groups is 2. The van der Waals surface area contributed by atoms with Gasteiger partial charge in [-0.15, -0.1) is 0 Å². The van der Waals surface area contributed by atoms with Crippen LogP contribution in [0.1, 0.15) is 10.4 Å². The number of ketones is 1. The zero-order valence-corrected chi connectivity index (χ0v) is 9.65. The van der Waals surface area contributed by atoms with Crippen LogP contribution in [0.2, 0.25) is 0 Å². The average Bonchev–Trinajstić information content (AvgIpc) is 2.63. The summed E-state index contributed by atoms with van der Waals surface area (Å²) in [6, 6.07) is 3.48. The van der Waals surface area contributed by atoms with Crippen molar-refractivity contribution in [3.8, 4) is 0 Å². The lowest BCUT2D eigenvalue weighted by Crippen LogP contribution is -2.38. The summed E-state index contributed by atoms with van der Waals surface area (Å²) in [5, 5.41) is 28.7. The number of β-amino-alcohol motifs (C(OH)–C–C–N with tert-alkyl or cyclic N) is 1. The maximum absolute atomic E-state index is 11.7. The Balaban J connectivity index is 2.41. The maximum atomic E-state index is 11.7. The number of hydrogen-bond donors (Lipinski definition) is 2. The van der Waals surface area contributed by atoms with E-state index in [9.17, 15) is 24.8 Å². The molecule has 0 aliphatic carbocycles. The van der Waals surface area contributed by atoms with Crippen molar-refractivity contribution in [3.05, 3.63) is 33.9 Å². The van der Waals surface area contributed by atoms with E-state index in [-0.39, 0.29) is 23.5 Å². The number of fused-ring (bicyclic) bond motifs is 1. The highest BCUT2D eigenvalue weighted by Gasteiger charge is 2.37. The number of amides is 1. The first-order chi connectivity index (χ1) is 8.95. The second-order valence-electron chi connectivity index (χ2n) is 4.04. The fraction of sp³-hybridized carbons (Fsp3) is 0.273. The van der Waals surface area contributed by atoms with E-state index in [2.05, 4.69) is 0 Å². The van der Waals surface area contributed by atoms with E-state index in [1.54, 1.807) is 0 Å². The minimum atomic E-state index is -1.18. The second kappa shape index (κ2) is 4.75. The number of hydrogen-bond acceptors (Lipinski definition) is 6. The minimum absolute atomic E-state index is 0.0654. The standard InChI is InChI=1S/C11H10N2O6/c14-5-7(15)4-12-9-2-1-6(13(18)19)3-8(9)10(16)11(12)17/h1-3,7,14-15H,4-5H2. The van der Waals surface area contributed by atoms with Gasteiger partial charge in [0.05, 0.1) is 35.4 Å². The lowest BCUT2D eigenvalue weighted by atomic mass is 10.1. The molecular weight excluding hydrogens is 256 g/mol. The highest BCUT2D eigenvalue weighted by molar-refractivity contribution is 6.52. The topological polar surface area (TPSA) is 121 Å². The third-order valence-electron chi connectivity index (χ3n) is 2.77. The molecule has 1 atom stereocenters. The molecular formula is C11H10N2O6.